The van der Waals surface area contributed by atoms with Gasteiger partial charge in [0, 0.05) is 12.2 Å². The molecule has 0 radical (unpaired) electrons. The summed E-state index contributed by atoms with van der Waals surface area (Å²) in [6, 6.07) is 11.7. The van der Waals surface area contributed by atoms with Crippen molar-refractivity contribution in [3.8, 4) is 23.3 Å². The van der Waals surface area contributed by atoms with Crippen molar-refractivity contribution >= 4 is 29.2 Å². The highest BCUT2D eigenvalue weighted by molar-refractivity contribution is 6.32. The number of carbonyl (C=O) groups excluding carboxylic acids is 2. The van der Waals surface area contributed by atoms with Crippen molar-refractivity contribution in [3.63, 3.8) is 0 Å². The second-order valence-corrected chi connectivity index (χ2v) is 6.56. The fourth-order valence-corrected chi connectivity index (χ4v) is 3.09. The summed E-state index contributed by atoms with van der Waals surface area (Å²) < 4.78 is 21.0. The minimum atomic E-state index is -0.726. The molecule has 0 aromatic heterocycles. The molecule has 0 atom stereocenters. The van der Waals surface area contributed by atoms with Gasteiger partial charge in [-0.3, -0.25) is 4.79 Å². The van der Waals surface area contributed by atoms with E-state index in [9.17, 15) is 9.59 Å². The highest BCUT2D eigenvalue weighted by Crippen LogP contribution is 2.39. The van der Waals surface area contributed by atoms with Crippen LogP contribution in [0.15, 0.2) is 36.4 Å². The number of nitrogens with zero attached hydrogens (tertiary/aromatic N) is 2. The summed E-state index contributed by atoms with van der Waals surface area (Å²) in [7, 11) is 0. The quantitative estimate of drug-likeness (QED) is 0.590. The van der Waals surface area contributed by atoms with Crippen molar-refractivity contribution in [3.05, 3.63) is 47.0 Å². The molecule has 0 fully saturated rings. The molecule has 156 valence electrons. The first kappa shape index (κ1) is 21.3. The molecule has 9 heteroatoms. The number of carbonyl (C=O) groups is 2. The number of halogens is 1. The summed E-state index contributed by atoms with van der Waals surface area (Å²) in [6.07, 6.45) is 0.130. The number of anilines is 1. The van der Waals surface area contributed by atoms with Crippen molar-refractivity contribution in [2.45, 2.75) is 13.3 Å². The molecule has 2 aromatic carbocycles. The fourth-order valence-electron chi connectivity index (χ4n) is 2.82. The van der Waals surface area contributed by atoms with E-state index in [1.54, 1.807) is 24.3 Å². The third-order valence-electron chi connectivity index (χ3n) is 4.20. The Morgan fingerprint density at radius 3 is 2.70 bits per heavy atom. The summed E-state index contributed by atoms with van der Waals surface area (Å²) >= 11 is 6.08. The molecule has 8 nitrogen and oxygen atoms in total. The van der Waals surface area contributed by atoms with Gasteiger partial charge in [0.25, 0.3) is 5.91 Å². The molecule has 2 aromatic rings. The first-order valence-electron chi connectivity index (χ1n) is 9.20. The van der Waals surface area contributed by atoms with Gasteiger partial charge >= 0.3 is 5.97 Å². The van der Waals surface area contributed by atoms with Gasteiger partial charge in [0.2, 0.25) is 6.79 Å². The third kappa shape index (κ3) is 4.93. The van der Waals surface area contributed by atoms with Gasteiger partial charge in [-0.1, -0.05) is 11.6 Å². The van der Waals surface area contributed by atoms with Crippen molar-refractivity contribution in [1.82, 2.24) is 0 Å². The number of nitriles is 1. The summed E-state index contributed by atoms with van der Waals surface area (Å²) in [6.45, 7) is 2.08. The smallest absolute Gasteiger partial charge is 0.338 e. The number of fused-ring (bicyclic) bond motifs is 1. The topological polar surface area (TPSA) is 98.1 Å². The molecule has 30 heavy (non-hydrogen) atoms. The Balaban J connectivity index is 1.67. The van der Waals surface area contributed by atoms with E-state index < -0.39 is 18.5 Å². The van der Waals surface area contributed by atoms with Gasteiger partial charge in [-0.25, -0.2) is 4.79 Å². The van der Waals surface area contributed by atoms with Crippen molar-refractivity contribution in [1.29, 1.82) is 5.26 Å². The van der Waals surface area contributed by atoms with E-state index in [2.05, 4.69) is 0 Å². The predicted molar refractivity (Wildman–Crippen MR) is 108 cm³/mol. The lowest BCUT2D eigenvalue weighted by atomic mass is 10.2. The van der Waals surface area contributed by atoms with Crippen molar-refractivity contribution in [2.24, 2.45) is 0 Å². The van der Waals surface area contributed by atoms with Crippen molar-refractivity contribution in [2.75, 3.05) is 31.5 Å². The van der Waals surface area contributed by atoms with Gasteiger partial charge in [0.1, 0.15) is 5.75 Å². The van der Waals surface area contributed by atoms with Gasteiger partial charge < -0.3 is 23.8 Å². The third-order valence-corrected chi connectivity index (χ3v) is 4.48. The van der Waals surface area contributed by atoms with Gasteiger partial charge in [-0.15, -0.1) is 0 Å². The highest BCUT2D eigenvalue weighted by Gasteiger charge is 2.23. The standard InChI is InChI=1S/C21H19ClN2O6/c1-2-27-16-6-4-15(5-7-16)24(9-3-8-23)19(25)12-28-21(26)14-10-17(22)20-18(11-14)29-13-30-20/h4-7,10-11H,2-3,9,12-13H2,1H3. The largest absolute Gasteiger partial charge is 0.494 e. The Hall–Kier alpha value is -3.44. The van der Waals surface area contributed by atoms with Crippen LogP contribution in [0.4, 0.5) is 5.69 Å². The Morgan fingerprint density at radius 2 is 2.00 bits per heavy atom. The van der Waals surface area contributed by atoms with E-state index >= 15 is 0 Å². The molecule has 1 aliphatic rings. The Morgan fingerprint density at radius 1 is 1.23 bits per heavy atom. The van der Waals surface area contributed by atoms with E-state index in [1.807, 2.05) is 13.0 Å². The van der Waals surface area contributed by atoms with Crippen LogP contribution >= 0.6 is 11.6 Å². The summed E-state index contributed by atoms with van der Waals surface area (Å²) in [5, 5.41) is 9.12. The van der Waals surface area contributed by atoms with Crippen LogP contribution < -0.4 is 19.1 Å². The summed E-state index contributed by atoms with van der Waals surface area (Å²) in [5.41, 5.74) is 0.711. The number of amides is 1. The van der Waals surface area contributed by atoms with E-state index in [1.165, 1.54) is 17.0 Å². The van der Waals surface area contributed by atoms with Crippen LogP contribution in [0.2, 0.25) is 5.02 Å². The molecular formula is C21H19ClN2O6. The minimum Gasteiger partial charge on any atom is -0.494 e. The Labute approximate surface area is 178 Å². The average molecular weight is 431 g/mol. The number of esters is 1. The van der Waals surface area contributed by atoms with Crippen LogP contribution in [0.1, 0.15) is 23.7 Å². The zero-order valence-corrected chi connectivity index (χ0v) is 17.0. The molecule has 0 aliphatic carbocycles. The highest BCUT2D eigenvalue weighted by atomic mass is 35.5. The normalized spacial score (nSPS) is 11.5. The zero-order chi connectivity index (χ0) is 21.5. The number of rotatable bonds is 8. The van der Waals surface area contributed by atoms with E-state index in [4.69, 9.17) is 35.8 Å². The molecular weight excluding hydrogens is 412 g/mol. The monoisotopic (exact) mass is 430 g/mol. The number of ether oxygens (including phenoxy) is 4. The Kier molecular flexibility index (Phi) is 6.99. The lowest BCUT2D eigenvalue weighted by molar-refractivity contribution is -0.121. The van der Waals surface area contributed by atoms with Crippen LogP contribution in [0, 0.1) is 11.3 Å². The maximum absolute atomic E-state index is 12.7. The molecule has 0 bridgehead atoms. The molecule has 1 heterocycles. The van der Waals surface area contributed by atoms with Crippen LogP contribution in [0.3, 0.4) is 0 Å². The molecule has 1 aliphatic heterocycles. The van der Waals surface area contributed by atoms with Crippen molar-refractivity contribution < 1.29 is 28.5 Å². The SMILES string of the molecule is CCOc1ccc(N(CCC#N)C(=O)COC(=O)c2cc(Cl)c3c(c2)OCO3)cc1. The lowest BCUT2D eigenvalue weighted by Gasteiger charge is -2.22. The second-order valence-electron chi connectivity index (χ2n) is 6.15. The minimum absolute atomic E-state index is 0.0159. The predicted octanol–water partition coefficient (Wildman–Crippen LogP) is 3.57. The average Bonchev–Trinajstić information content (AvgIpc) is 3.23. The summed E-state index contributed by atoms with van der Waals surface area (Å²) in [4.78, 5) is 26.4. The lowest BCUT2D eigenvalue weighted by Crippen LogP contribution is -2.35. The number of benzene rings is 2. The molecule has 1 amide bonds. The maximum Gasteiger partial charge on any atom is 0.338 e. The van der Waals surface area contributed by atoms with E-state index in [0.29, 0.717) is 29.5 Å². The molecule has 3 rings (SSSR count). The fraction of sp³-hybridized carbons (Fsp3) is 0.286. The van der Waals surface area contributed by atoms with Gasteiger partial charge in [-0.05, 0) is 43.3 Å². The van der Waals surface area contributed by atoms with Gasteiger partial charge in [-0.2, -0.15) is 5.26 Å². The second kappa shape index (κ2) is 9.85. The van der Waals surface area contributed by atoms with E-state index in [-0.39, 0.29) is 30.3 Å². The molecule has 0 saturated carbocycles. The zero-order valence-electron chi connectivity index (χ0n) is 16.2. The molecule has 0 spiro atoms. The van der Waals surface area contributed by atoms with Crippen LogP contribution in [-0.4, -0.2) is 38.4 Å². The number of hydrogen-bond acceptors (Lipinski definition) is 7. The number of hydrogen-bond donors (Lipinski definition) is 0. The van der Waals surface area contributed by atoms with Crippen LogP contribution in [-0.2, 0) is 9.53 Å². The van der Waals surface area contributed by atoms with E-state index in [0.717, 1.165) is 0 Å². The first-order chi connectivity index (χ1) is 14.5. The molecule has 0 N–H and O–H groups in total. The molecule has 0 unspecified atom stereocenters. The Bertz CT molecular complexity index is 971. The molecule has 0 saturated heterocycles. The van der Waals surface area contributed by atoms with Gasteiger partial charge in [0.05, 0.1) is 29.7 Å². The summed E-state index contributed by atoms with van der Waals surface area (Å²) in [5.74, 6) is 0.179. The first-order valence-corrected chi connectivity index (χ1v) is 9.57. The van der Waals surface area contributed by atoms with Crippen LogP contribution in [0.5, 0.6) is 17.2 Å². The maximum atomic E-state index is 12.7. The van der Waals surface area contributed by atoms with Gasteiger partial charge in [0.15, 0.2) is 18.1 Å². The van der Waals surface area contributed by atoms with Crippen LogP contribution in [0.25, 0.3) is 0 Å².